The van der Waals surface area contributed by atoms with Crippen LogP contribution in [-0.4, -0.2) is 15.9 Å². The Balaban J connectivity index is 1.72. The largest absolute Gasteiger partial charge is 0.324 e. The van der Waals surface area contributed by atoms with Gasteiger partial charge in [0.25, 0.3) is 5.91 Å². The van der Waals surface area contributed by atoms with Gasteiger partial charge in [0.1, 0.15) is 0 Å². The van der Waals surface area contributed by atoms with Crippen molar-refractivity contribution in [2.45, 2.75) is 13.8 Å². The van der Waals surface area contributed by atoms with Crippen molar-refractivity contribution in [3.63, 3.8) is 0 Å². The highest BCUT2D eigenvalue weighted by Gasteiger charge is 2.09. The van der Waals surface area contributed by atoms with Crippen molar-refractivity contribution < 1.29 is 4.79 Å². The number of hydrogen-bond donors (Lipinski definition) is 2. The molecule has 2 aromatic carbocycles. The lowest BCUT2D eigenvalue weighted by Crippen LogP contribution is -2.13. The number of aryl methyl sites for hydroxylation is 2. The molecule has 0 fully saturated rings. The number of carbonyl (C=O) groups is 1. The van der Waals surface area contributed by atoms with Crippen molar-refractivity contribution in [1.29, 1.82) is 0 Å². The summed E-state index contributed by atoms with van der Waals surface area (Å²) in [5.74, 6) is 0.225. The van der Waals surface area contributed by atoms with E-state index in [1.165, 1.54) is 12.4 Å². The van der Waals surface area contributed by atoms with Crippen LogP contribution in [0.1, 0.15) is 21.5 Å². The minimum Gasteiger partial charge on any atom is -0.324 e. The zero-order valence-corrected chi connectivity index (χ0v) is 13.6. The Morgan fingerprint density at radius 3 is 2.12 bits per heavy atom. The first kappa shape index (κ1) is 15.7. The second kappa shape index (κ2) is 6.91. The first-order chi connectivity index (χ1) is 11.6. The van der Waals surface area contributed by atoms with E-state index in [1.807, 2.05) is 62.4 Å². The van der Waals surface area contributed by atoms with Gasteiger partial charge in [-0.15, -0.1) is 0 Å². The summed E-state index contributed by atoms with van der Waals surface area (Å²) in [5.41, 5.74) is 4.36. The van der Waals surface area contributed by atoms with Gasteiger partial charge in [0.05, 0.1) is 5.56 Å². The lowest BCUT2D eigenvalue weighted by atomic mass is 10.1. The third-order valence-corrected chi connectivity index (χ3v) is 3.66. The average Bonchev–Trinajstić information content (AvgIpc) is 2.60. The maximum absolute atomic E-state index is 12.2. The molecule has 0 aliphatic heterocycles. The van der Waals surface area contributed by atoms with Crippen LogP contribution >= 0.6 is 0 Å². The smallest absolute Gasteiger partial charge is 0.258 e. The second-order valence-electron chi connectivity index (χ2n) is 5.51. The highest BCUT2D eigenvalue weighted by molar-refractivity contribution is 6.03. The number of hydrogen-bond acceptors (Lipinski definition) is 4. The minimum absolute atomic E-state index is 0.236. The number of nitrogens with zero attached hydrogens (tertiary/aromatic N) is 2. The van der Waals surface area contributed by atoms with Crippen LogP contribution in [0.2, 0.25) is 0 Å². The number of benzene rings is 2. The maximum Gasteiger partial charge on any atom is 0.258 e. The normalized spacial score (nSPS) is 10.2. The van der Waals surface area contributed by atoms with Gasteiger partial charge in [0.2, 0.25) is 5.95 Å². The molecule has 1 aromatic heterocycles. The third-order valence-electron chi connectivity index (χ3n) is 3.66. The number of anilines is 3. The van der Waals surface area contributed by atoms with E-state index in [-0.39, 0.29) is 5.91 Å². The van der Waals surface area contributed by atoms with E-state index in [1.54, 1.807) is 0 Å². The van der Waals surface area contributed by atoms with Gasteiger partial charge in [-0.05, 0) is 37.1 Å². The molecule has 2 N–H and O–H groups in total. The Bertz CT molecular complexity index is 825. The molecule has 0 aliphatic carbocycles. The van der Waals surface area contributed by atoms with E-state index in [0.717, 1.165) is 22.5 Å². The molecule has 5 heteroatoms. The van der Waals surface area contributed by atoms with Crippen molar-refractivity contribution in [2.75, 3.05) is 10.6 Å². The molecular formula is C19H18N4O. The molecule has 24 heavy (non-hydrogen) atoms. The summed E-state index contributed by atoms with van der Waals surface area (Å²) >= 11 is 0. The molecule has 0 saturated heterocycles. The lowest BCUT2D eigenvalue weighted by molar-refractivity contribution is 0.102. The second-order valence-corrected chi connectivity index (χ2v) is 5.51. The molecule has 0 unspecified atom stereocenters. The van der Waals surface area contributed by atoms with E-state index in [9.17, 15) is 4.79 Å². The quantitative estimate of drug-likeness (QED) is 0.760. The van der Waals surface area contributed by atoms with Crippen LogP contribution in [0.5, 0.6) is 0 Å². The Kier molecular flexibility index (Phi) is 4.52. The third kappa shape index (κ3) is 3.57. The van der Waals surface area contributed by atoms with Gasteiger partial charge in [-0.3, -0.25) is 4.79 Å². The van der Waals surface area contributed by atoms with Crippen LogP contribution in [0.25, 0.3) is 0 Å². The number of para-hydroxylation sites is 2. The number of carbonyl (C=O) groups excluding carboxylic acids is 1. The van der Waals surface area contributed by atoms with Gasteiger partial charge in [0, 0.05) is 23.8 Å². The minimum atomic E-state index is -0.236. The van der Waals surface area contributed by atoms with Crippen LogP contribution < -0.4 is 10.6 Å². The van der Waals surface area contributed by atoms with Gasteiger partial charge in [0.15, 0.2) is 0 Å². The molecular weight excluding hydrogens is 300 g/mol. The Hall–Kier alpha value is -3.21. The van der Waals surface area contributed by atoms with Crippen molar-refractivity contribution in [2.24, 2.45) is 0 Å². The topological polar surface area (TPSA) is 66.9 Å². The average molecular weight is 318 g/mol. The molecule has 0 radical (unpaired) electrons. The summed E-state index contributed by atoms with van der Waals surface area (Å²) in [5, 5.41) is 6.01. The fraction of sp³-hybridized carbons (Fsp3) is 0.105. The number of nitrogens with one attached hydrogen (secondary N) is 2. The van der Waals surface area contributed by atoms with E-state index in [2.05, 4.69) is 20.6 Å². The van der Waals surface area contributed by atoms with Crippen LogP contribution in [0.3, 0.4) is 0 Å². The fourth-order valence-corrected chi connectivity index (χ4v) is 2.36. The van der Waals surface area contributed by atoms with E-state index in [4.69, 9.17) is 0 Å². The zero-order valence-electron chi connectivity index (χ0n) is 13.6. The summed E-state index contributed by atoms with van der Waals surface area (Å²) in [6, 6.07) is 15.3. The monoisotopic (exact) mass is 318 g/mol. The predicted octanol–water partition coefficient (Wildman–Crippen LogP) is 4.09. The van der Waals surface area contributed by atoms with Gasteiger partial charge in [-0.2, -0.15) is 0 Å². The molecule has 0 saturated carbocycles. The van der Waals surface area contributed by atoms with E-state index < -0.39 is 0 Å². The molecule has 0 spiro atoms. The molecule has 1 amide bonds. The standard InChI is InChI=1S/C19H18N4O/c1-13-7-6-8-14(2)17(13)23-19-20-11-15(12-21-19)18(24)22-16-9-4-3-5-10-16/h3-12H,1-2H3,(H,22,24)(H,20,21,23). The predicted molar refractivity (Wildman–Crippen MR) is 95.6 cm³/mol. The van der Waals surface area contributed by atoms with Crippen molar-refractivity contribution >= 4 is 23.2 Å². The number of aromatic nitrogens is 2. The Labute approximate surface area is 140 Å². The van der Waals surface area contributed by atoms with E-state index in [0.29, 0.717) is 11.5 Å². The first-order valence-corrected chi connectivity index (χ1v) is 7.65. The molecule has 5 nitrogen and oxygen atoms in total. The molecule has 3 rings (SSSR count). The fourth-order valence-electron chi connectivity index (χ4n) is 2.36. The van der Waals surface area contributed by atoms with Crippen molar-refractivity contribution in [3.05, 3.63) is 77.6 Å². The summed E-state index contributed by atoms with van der Waals surface area (Å²) in [6.45, 7) is 4.05. The number of rotatable bonds is 4. The Morgan fingerprint density at radius 2 is 1.50 bits per heavy atom. The Morgan fingerprint density at radius 1 is 0.875 bits per heavy atom. The van der Waals surface area contributed by atoms with Crippen molar-refractivity contribution in [3.8, 4) is 0 Å². The highest BCUT2D eigenvalue weighted by Crippen LogP contribution is 2.22. The summed E-state index contributed by atoms with van der Waals surface area (Å²) in [6.07, 6.45) is 3.03. The molecule has 0 bridgehead atoms. The zero-order chi connectivity index (χ0) is 16.9. The first-order valence-electron chi connectivity index (χ1n) is 7.65. The SMILES string of the molecule is Cc1cccc(C)c1Nc1ncc(C(=O)Nc2ccccc2)cn1. The summed E-state index contributed by atoms with van der Waals surface area (Å²) in [4.78, 5) is 20.7. The number of amides is 1. The van der Waals surface area contributed by atoms with Gasteiger partial charge < -0.3 is 10.6 Å². The van der Waals surface area contributed by atoms with Gasteiger partial charge in [-0.25, -0.2) is 9.97 Å². The van der Waals surface area contributed by atoms with E-state index >= 15 is 0 Å². The molecule has 1 heterocycles. The van der Waals surface area contributed by atoms with Crippen molar-refractivity contribution in [1.82, 2.24) is 9.97 Å². The van der Waals surface area contributed by atoms with Crippen LogP contribution in [0.4, 0.5) is 17.3 Å². The lowest BCUT2D eigenvalue weighted by Gasteiger charge is -2.11. The molecule has 3 aromatic rings. The highest BCUT2D eigenvalue weighted by atomic mass is 16.1. The molecule has 0 atom stereocenters. The van der Waals surface area contributed by atoms with Crippen LogP contribution in [0.15, 0.2) is 60.9 Å². The molecule has 120 valence electrons. The summed E-state index contributed by atoms with van der Waals surface area (Å²) < 4.78 is 0. The molecule has 0 aliphatic rings. The van der Waals surface area contributed by atoms with Crippen LogP contribution in [-0.2, 0) is 0 Å². The van der Waals surface area contributed by atoms with Gasteiger partial charge in [-0.1, -0.05) is 36.4 Å². The summed E-state index contributed by atoms with van der Waals surface area (Å²) in [7, 11) is 0. The van der Waals surface area contributed by atoms with Gasteiger partial charge >= 0.3 is 0 Å². The van der Waals surface area contributed by atoms with Crippen LogP contribution in [0, 0.1) is 13.8 Å². The maximum atomic E-state index is 12.2.